The number of hydrogen-bond acceptors (Lipinski definition) is 9. The summed E-state index contributed by atoms with van der Waals surface area (Å²) in [6, 6.07) is 11.5. The Hall–Kier alpha value is -2.21. The van der Waals surface area contributed by atoms with E-state index in [1.807, 2.05) is 24.8 Å². The van der Waals surface area contributed by atoms with Gasteiger partial charge in [0.05, 0.1) is 6.61 Å². The Labute approximate surface area is 353 Å². The quantitative estimate of drug-likeness (QED) is 0.0494. The second-order valence-electron chi connectivity index (χ2n) is 20.5. The number of piperidine rings is 1. The molecule has 0 radical (unpaired) electrons. The summed E-state index contributed by atoms with van der Waals surface area (Å²) in [5.41, 5.74) is 2.82. The normalized spacial score (nSPS) is 17.0. The summed E-state index contributed by atoms with van der Waals surface area (Å²) >= 11 is 0. The molecule has 1 N–H and O–H groups in total. The van der Waals surface area contributed by atoms with Crippen molar-refractivity contribution >= 4 is 16.1 Å². The number of aromatic nitrogens is 4. The molecule has 0 amide bonds. The summed E-state index contributed by atoms with van der Waals surface area (Å²) in [6.07, 6.45) is 13.3. The number of methoxy groups -OCH3 is 1. The van der Waals surface area contributed by atoms with Crippen LogP contribution in [0.1, 0.15) is 55.9 Å². The molecule has 2 aromatic heterocycles. The molecule has 0 unspecified atom stereocenters. The van der Waals surface area contributed by atoms with Crippen molar-refractivity contribution in [3.05, 3.63) is 71.8 Å². The van der Waals surface area contributed by atoms with Gasteiger partial charge in [0.1, 0.15) is 31.9 Å². The number of nitrogens with one attached hydrogen (secondary N) is 1. The smallest absolute Gasteiger partial charge is 0.146 e. The summed E-state index contributed by atoms with van der Waals surface area (Å²) in [5, 5.41) is 3.86. The number of benzene rings is 1. The largest absolute Gasteiger partial charge is 0.361 e. The Bertz CT molecular complexity index is 1550. The summed E-state index contributed by atoms with van der Waals surface area (Å²) in [6.45, 7) is 30.9. The van der Waals surface area contributed by atoms with Crippen molar-refractivity contribution in [2.75, 3.05) is 73.0 Å². The Morgan fingerprint density at radius 1 is 0.759 bits per heavy atom. The second-order valence-corrected chi connectivity index (χ2v) is 31.7. The van der Waals surface area contributed by atoms with Crippen molar-refractivity contribution in [1.29, 1.82) is 0 Å². The van der Waals surface area contributed by atoms with Gasteiger partial charge in [0.25, 0.3) is 0 Å². The fourth-order valence-electron chi connectivity index (χ4n) is 8.47. The van der Waals surface area contributed by atoms with E-state index in [-0.39, 0.29) is 12.2 Å². The molecule has 2 fully saturated rings. The Kier molecular flexibility index (Phi) is 17.8. The minimum absolute atomic E-state index is 0.223. The van der Waals surface area contributed by atoms with Crippen LogP contribution in [0.5, 0.6) is 0 Å². The average molecular weight is 838 g/mol. The SMILES string of the molecule is COCOCC(CNCc1ccc(CN2CCC3(CCN(CC(C)C)CC3)C2)cc1)(Cc1nccn1COCC[Si](C)(C)C)Cc1nccn1COCC[Si](C)(C)C. The van der Waals surface area contributed by atoms with Gasteiger partial charge in [-0.25, -0.2) is 9.97 Å². The standard InChI is InChI=1S/C45H79N7O4Si2/c1-39(2)31-49-19-14-44(15-20-49)16-21-50(34-44)32-41-12-10-40(11-13-41)30-46-33-45(35-56-38-53-3,28-42-47-17-22-51(42)36-54-24-26-57(4,5)6)29-43-48-18-23-52(43)37-55-25-27-58(7,8)9/h10-13,17-18,22-23,39,46H,14-16,19-21,24-38H2,1-9H3. The predicted octanol–water partition coefficient (Wildman–Crippen LogP) is 7.83. The van der Waals surface area contributed by atoms with Crippen LogP contribution >= 0.6 is 0 Å². The molecule has 0 atom stereocenters. The van der Waals surface area contributed by atoms with Crippen LogP contribution in [-0.2, 0) is 58.3 Å². The van der Waals surface area contributed by atoms with Crippen LogP contribution in [-0.4, -0.2) is 118 Å². The first-order valence-electron chi connectivity index (χ1n) is 22.1. The van der Waals surface area contributed by atoms with Crippen molar-refractivity contribution in [2.24, 2.45) is 16.7 Å². The predicted molar refractivity (Wildman–Crippen MR) is 241 cm³/mol. The molecular formula is C45H79N7O4Si2. The van der Waals surface area contributed by atoms with Crippen molar-refractivity contribution in [2.45, 2.75) is 124 Å². The average Bonchev–Trinajstić information content (AvgIpc) is 3.90. The van der Waals surface area contributed by atoms with E-state index >= 15 is 0 Å². The van der Waals surface area contributed by atoms with Crippen LogP contribution in [0.25, 0.3) is 0 Å². The molecule has 2 aliphatic heterocycles. The van der Waals surface area contributed by atoms with Crippen LogP contribution in [0, 0.1) is 16.7 Å². The molecule has 0 aliphatic carbocycles. The molecule has 3 aromatic rings. The highest BCUT2D eigenvalue weighted by molar-refractivity contribution is 6.76. The van der Waals surface area contributed by atoms with E-state index < -0.39 is 16.1 Å². The first kappa shape index (κ1) is 46.9. The van der Waals surface area contributed by atoms with E-state index in [1.54, 1.807) is 7.11 Å². The number of likely N-dealkylation sites (tertiary alicyclic amines) is 2. The molecule has 1 aromatic carbocycles. The first-order valence-corrected chi connectivity index (χ1v) is 29.5. The molecule has 11 nitrogen and oxygen atoms in total. The maximum absolute atomic E-state index is 6.24. The van der Waals surface area contributed by atoms with Gasteiger partial charge in [-0.15, -0.1) is 0 Å². The lowest BCUT2D eigenvalue weighted by Gasteiger charge is -2.40. The van der Waals surface area contributed by atoms with Crippen LogP contribution in [0.15, 0.2) is 49.1 Å². The van der Waals surface area contributed by atoms with Crippen molar-refractivity contribution in [3.63, 3.8) is 0 Å². The zero-order chi connectivity index (χ0) is 41.7. The van der Waals surface area contributed by atoms with Crippen LogP contribution in [0.4, 0.5) is 0 Å². The van der Waals surface area contributed by atoms with Gasteiger partial charge < -0.3 is 38.3 Å². The van der Waals surface area contributed by atoms with E-state index in [0.717, 1.165) is 56.0 Å². The second kappa shape index (κ2) is 22.1. The third kappa shape index (κ3) is 15.7. The van der Waals surface area contributed by atoms with E-state index in [9.17, 15) is 0 Å². The van der Waals surface area contributed by atoms with Crippen LogP contribution in [0.3, 0.4) is 0 Å². The molecule has 1 spiro atoms. The molecule has 58 heavy (non-hydrogen) atoms. The molecule has 2 aliphatic rings. The summed E-state index contributed by atoms with van der Waals surface area (Å²) in [5.74, 6) is 2.71. The first-order chi connectivity index (χ1) is 27.6. The van der Waals surface area contributed by atoms with Gasteiger partial charge in [-0.05, 0) is 73.4 Å². The molecular weight excluding hydrogens is 759 g/mol. The number of nitrogens with zero attached hydrogens (tertiary/aromatic N) is 6. The highest BCUT2D eigenvalue weighted by Crippen LogP contribution is 2.41. The van der Waals surface area contributed by atoms with Crippen molar-refractivity contribution < 1.29 is 18.9 Å². The monoisotopic (exact) mass is 838 g/mol. The molecule has 2 saturated heterocycles. The van der Waals surface area contributed by atoms with Gasteiger partial charge in [-0.2, -0.15) is 0 Å². The molecule has 326 valence electrons. The van der Waals surface area contributed by atoms with Crippen molar-refractivity contribution in [3.8, 4) is 0 Å². The number of rotatable bonds is 26. The van der Waals surface area contributed by atoms with Gasteiger partial charge in [-0.3, -0.25) is 4.90 Å². The minimum atomic E-state index is -1.19. The van der Waals surface area contributed by atoms with Gasteiger partial charge in [0, 0.05) is 112 Å². The number of hydrogen-bond donors (Lipinski definition) is 1. The molecule has 0 saturated carbocycles. The van der Waals surface area contributed by atoms with E-state index in [2.05, 4.69) is 102 Å². The fraction of sp³-hybridized carbons (Fsp3) is 0.733. The topological polar surface area (TPSA) is 91.1 Å². The molecule has 5 rings (SSSR count). The highest BCUT2D eigenvalue weighted by atomic mass is 28.3. The maximum atomic E-state index is 6.24. The molecule has 4 heterocycles. The lowest BCUT2D eigenvalue weighted by Crippen LogP contribution is -2.43. The van der Waals surface area contributed by atoms with Gasteiger partial charge >= 0.3 is 0 Å². The van der Waals surface area contributed by atoms with E-state index in [4.69, 9.17) is 28.9 Å². The third-order valence-corrected chi connectivity index (χ3v) is 15.5. The Balaban J connectivity index is 1.24. The lowest BCUT2D eigenvalue weighted by molar-refractivity contribution is -0.0663. The van der Waals surface area contributed by atoms with Gasteiger partial charge in [0.2, 0.25) is 0 Å². The fourth-order valence-corrected chi connectivity index (χ4v) is 9.99. The number of ether oxygens (including phenoxy) is 4. The summed E-state index contributed by atoms with van der Waals surface area (Å²) < 4.78 is 28.4. The zero-order valence-corrected chi connectivity index (χ0v) is 39.9. The third-order valence-electron chi connectivity index (χ3n) is 12.0. The lowest BCUT2D eigenvalue weighted by atomic mass is 9.77. The van der Waals surface area contributed by atoms with Gasteiger partial charge in [-0.1, -0.05) is 77.4 Å². The van der Waals surface area contributed by atoms with E-state index in [0.29, 0.717) is 44.9 Å². The summed E-state index contributed by atoms with van der Waals surface area (Å²) in [4.78, 5) is 15.1. The Morgan fingerprint density at radius 2 is 1.29 bits per heavy atom. The highest BCUT2D eigenvalue weighted by Gasteiger charge is 2.40. The van der Waals surface area contributed by atoms with Gasteiger partial charge in [0.15, 0.2) is 0 Å². The maximum Gasteiger partial charge on any atom is 0.146 e. The van der Waals surface area contributed by atoms with Crippen LogP contribution < -0.4 is 5.32 Å². The summed E-state index contributed by atoms with van der Waals surface area (Å²) in [7, 11) is -0.702. The van der Waals surface area contributed by atoms with E-state index in [1.165, 1.54) is 63.1 Å². The molecule has 0 bridgehead atoms. The minimum Gasteiger partial charge on any atom is -0.361 e. The zero-order valence-electron chi connectivity index (χ0n) is 37.9. The van der Waals surface area contributed by atoms with Crippen molar-refractivity contribution in [1.82, 2.24) is 34.2 Å². The molecule has 13 heteroatoms. The number of imidazole rings is 2. The Morgan fingerprint density at radius 3 is 1.81 bits per heavy atom. The van der Waals surface area contributed by atoms with Crippen LogP contribution in [0.2, 0.25) is 51.4 Å².